The molecular weight excluding hydrogens is 222 g/mol. The molecule has 2 rings (SSSR count). The second kappa shape index (κ2) is 4.97. The van der Waals surface area contributed by atoms with E-state index in [0.717, 1.165) is 0 Å². The minimum atomic E-state index is -0.597. The summed E-state index contributed by atoms with van der Waals surface area (Å²) >= 11 is 0. The van der Waals surface area contributed by atoms with E-state index in [1.807, 2.05) is 0 Å². The maximum absolute atomic E-state index is 11.7. The van der Waals surface area contributed by atoms with Crippen LogP contribution < -0.4 is 5.32 Å². The van der Waals surface area contributed by atoms with E-state index in [9.17, 15) is 9.59 Å². The number of aliphatic hydroxyl groups is 1. The van der Waals surface area contributed by atoms with Gasteiger partial charge in [0.1, 0.15) is 6.10 Å². The summed E-state index contributed by atoms with van der Waals surface area (Å²) < 4.78 is 5.19. The molecule has 1 saturated heterocycles. The Balaban J connectivity index is 2.02. The molecule has 1 aliphatic rings. The van der Waals surface area contributed by atoms with E-state index in [0.29, 0.717) is 5.56 Å². The van der Waals surface area contributed by atoms with Gasteiger partial charge in [-0.3, -0.25) is 4.79 Å². The molecule has 2 N–H and O–H groups in total. The Morgan fingerprint density at radius 3 is 2.76 bits per heavy atom. The molecule has 0 saturated carbocycles. The summed E-state index contributed by atoms with van der Waals surface area (Å²) in [5, 5.41) is 11.6. The Morgan fingerprint density at radius 1 is 1.41 bits per heavy atom. The predicted octanol–water partition coefficient (Wildman–Crippen LogP) is 0.0928. The van der Waals surface area contributed by atoms with Gasteiger partial charge in [0.25, 0.3) is 0 Å². The minimum absolute atomic E-state index is 0.101. The highest BCUT2D eigenvalue weighted by Crippen LogP contribution is 2.14. The molecule has 1 aliphatic heterocycles. The Bertz CT molecular complexity index is 418. The van der Waals surface area contributed by atoms with Gasteiger partial charge in [0.15, 0.2) is 0 Å². The fraction of sp³-hybridized carbons (Fsp3) is 0.333. The van der Waals surface area contributed by atoms with Crippen LogP contribution in [0.2, 0.25) is 0 Å². The third-order valence-electron chi connectivity index (χ3n) is 2.65. The molecule has 1 heterocycles. The van der Waals surface area contributed by atoms with E-state index in [4.69, 9.17) is 9.84 Å². The van der Waals surface area contributed by atoms with Crippen molar-refractivity contribution < 1.29 is 19.4 Å². The lowest BCUT2D eigenvalue weighted by molar-refractivity contribution is -0.119. The number of benzene rings is 1. The van der Waals surface area contributed by atoms with E-state index < -0.39 is 18.1 Å². The number of esters is 1. The highest BCUT2D eigenvalue weighted by atomic mass is 16.5. The van der Waals surface area contributed by atoms with E-state index >= 15 is 0 Å². The average molecular weight is 235 g/mol. The van der Waals surface area contributed by atoms with Crippen LogP contribution in [0.5, 0.6) is 0 Å². The first-order chi connectivity index (χ1) is 8.20. The lowest BCUT2D eigenvalue weighted by atomic mass is 10.2. The summed E-state index contributed by atoms with van der Waals surface area (Å²) in [7, 11) is 0. The lowest BCUT2D eigenvalue weighted by Gasteiger charge is -2.16. The molecule has 5 heteroatoms. The fourth-order valence-corrected chi connectivity index (χ4v) is 1.75. The molecule has 0 radical (unpaired) electrons. The molecule has 0 unspecified atom stereocenters. The Morgan fingerprint density at radius 2 is 2.12 bits per heavy atom. The van der Waals surface area contributed by atoms with E-state index in [2.05, 4.69) is 5.32 Å². The number of aliphatic hydroxyl groups excluding tert-OH is 1. The van der Waals surface area contributed by atoms with Crippen molar-refractivity contribution in [1.82, 2.24) is 5.32 Å². The molecule has 17 heavy (non-hydrogen) atoms. The average Bonchev–Trinajstić information content (AvgIpc) is 2.70. The smallest absolute Gasteiger partial charge is 0.338 e. The highest BCUT2D eigenvalue weighted by Gasteiger charge is 2.34. The normalized spacial score (nSPS) is 23.2. The van der Waals surface area contributed by atoms with Gasteiger partial charge in [-0.2, -0.15) is 0 Å². The van der Waals surface area contributed by atoms with Gasteiger partial charge in [-0.05, 0) is 12.1 Å². The molecule has 0 aliphatic carbocycles. The lowest BCUT2D eigenvalue weighted by Crippen LogP contribution is -2.37. The zero-order chi connectivity index (χ0) is 12.3. The van der Waals surface area contributed by atoms with Crippen LogP contribution in [-0.4, -0.2) is 35.7 Å². The number of carbonyl (C=O) groups excluding carboxylic acids is 2. The quantitative estimate of drug-likeness (QED) is 0.728. The number of rotatable bonds is 3. The van der Waals surface area contributed by atoms with Crippen molar-refractivity contribution in [2.45, 2.75) is 18.6 Å². The van der Waals surface area contributed by atoms with E-state index in [1.54, 1.807) is 30.3 Å². The Kier molecular flexibility index (Phi) is 3.39. The third kappa shape index (κ3) is 2.62. The van der Waals surface area contributed by atoms with Crippen LogP contribution in [0, 0.1) is 0 Å². The summed E-state index contributed by atoms with van der Waals surface area (Å²) in [6, 6.07) is 8.04. The van der Waals surface area contributed by atoms with Gasteiger partial charge in [-0.25, -0.2) is 4.79 Å². The molecule has 5 nitrogen and oxygen atoms in total. The van der Waals surface area contributed by atoms with Gasteiger partial charge >= 0.3 is 5.97 Å². The van der Waals surface area contributed by atoms with Crippen LogP contribution in [0.1, 0.15) is 16.8 Å². The van der Waals surface area contributed by atoms with Crippen molar-refractivity contribution in [3.05, 3.63) is 35.9 Å². The number of hydrogen-bond donors (Lipinski definition) is 2. The molecule has 2 atom stereocenters. The maximum atomic E-state index is 11.7. The molecule has 0 bridgehead atoms. The maximum Gasteiger partial charge on any atom is 0.338 e. The number of ether oxygens (including phenoxy) is 1. The highest BCUT2D eigenvalue weighted by molar-refractivity contribution is 5.90. The molecule has 0 aromatic heterocycles. The van der Waals surface area contributed by atoms with Crippen LogP contribution in [0.25, 0.3) is 0 Å². The minimum Gasteiger partial charge on any atom is -0.456 e. The van der Waals surface area contributed by atoms with Gasteiger partial charge in [0, 0.05) is 0 Å². The molecule has 1 aromatic carbocycles. The SMILES string of the molecule is O=C1C[C@H](OC(=O)c2ccccc2)[C@@H](CO)N1. The first kappa shape index (κ1) is 11.6. The predicted molar refractivity (Wildman–Crippen MR) is 59.3 cm³/mol. The largest absolute Gasteiger partial charge is 0.456 e. The molecule has 1 aromatic rings. The Labute approximate surface area is 98.4 Å². The number of amides is 1. The zero-order valence-electron chi connectivity index (χ0n) is 9.13. The van der Waals surface area contributed by atoms with Crippen LogP contribution in [0.15, 0.2) is 30.3 Å². The summed E-state index contributed by atoms with van der Waals surface area (Å²) in [6.45, 7) is -0.238. The van der Waals surface area contributed by atoms with Gasteiger partial charge in [-0.1, -0.05) is 18.2 Å². The summed E-state index contributed by atoms with van der Waals surface area (Å²) in [5.41, 5.74) is 0.434. The molecule has 1 amide bonds. The van der Waals surface area contributed by atoms with Crippen molar-refractivity contribution in [1.29, 1.82) is 0 Å². The summed E-state index contributed by atoms with van der Waals surface area (Å²) in [6.07, 6.45) is -0.496. The Hall–Kier alpha value is -1.88. The van der Waals surface area contributed by atoms with Crippen molar-refractivity contribution in [2.24, 2.45) is 0 Å². The second-order valence-electron chi connectivity index (χ2n) is 3.87. The van der Waals surface area contributed by atoms with Crippen molar-refractivity contribution >= 4 is 11.9 Å². The van der Waals surface area contributed by atoms with Crippen LogP contribution in [0.3, 0.4) is 0 Å². The van der Waals surface area contributed by atoms with E-state index in [1.165, 1.54) is 0 Å². The first-order valence-electron chi connectivity index (χ1n) is 5.37. The second-order valence-corrected chi connectivity index (χ2v) is 3.87. The van der Waals surface area contributed by atoms with Crippen LogP contribution >= 0.6 is 0 Å². The third-order valence-corrected chi connectivity index (χ3v) is 2.65. The summed E-state index contributed by atoms with van der Waals surface area (Å²) in [4.78, 5) is 22.9. The monoisotopic (exact) mass is 235 g/mol. The number of nitrogens with one attached hydrogen (secondary N) is 1. The van der Waals surface area contributed by atoms with Crippen molar-refractivity contribution in [3.63, 3.8) is 0 Å². The topological polar surface area (TPSA) is 75.6 Å². The number of hydrogen-bond acceptors (Lipinski definition) is 4. The van der Waals surface area contributed by atoms with Gasteiger partial charge < -0.3 is 15.2 Å². The van der Waals surface area contributed by atoms with Gasteiger partial charge in [0.05, 0.1) is 24.6 Å². The zero-order valence-corrected chi connectivity index (χ0v) is 9.13. The van der Waals surface area contributed by atoms with Gasteiger partial charge in [-0.15, -0.1) is 0 Å². The van der Waals surface area contributed by atoms with E-state index in [-0.39, 0.29) is 18.9 Å². The summed E-state index contributed by atoms with van der Waals surface area (Å²) in [5.74, 6) is -0.694. The fourth-order valence-electron chi connectivity index (χ4n) is 1.75. The number of carbonyl (C=O) groups is 2. The molecule has 0 spiro atoms. The van der Waals surface area contributed by atoms with Crippen LogP contribution in [0.4, 0.5) is 0 Å². The molecule has 90 valence electrons. The van der Waals surface area contributed by atoms with Crippen molar-refractivity contribution in [2.75, 3.05) is 6.61 Å². The standard InChI is InChI=1S/C12H13NO4/c14-7-9-10(6-11(15)13-9)17-12(16)8-4-2-1-3-5-8/h1-5,9-10,14H,6-7H2,(H,13,15)/t9-,10+/m1/s1. The van der Waals surface area contributed by atoms with Crippen LogP contribution in [-0.2, 0) is 9.53 Å². The molecular formula is C12H13NO4. The van der Waals surface area contributed by atoms with Gasteiger partial charge in [0.2, 0.25) is 5.91 Å². The first-order valence-corrected chi connectivity index (χ1v) is 5.37. The van der Waals surface area contributed by atoms with Crippen molar-refractivity contribution in [3.8, 4) is 0 Å². The molecule has 1 fully saturated rings.